The zero-order valence-corrected chi connectivity index (χ0v) is 23.1. The van der Waals surface area contributed by atoms with Gasteiger partial charge in [0.05, 0.1) is 5.75 Å². The molecule has 4 rings (SSSR count). The molecular formula is C28H29BrN4O2S. The zero-order valence-electron chi connectivity index (χ0n) is 20.7. The van der Waals surface area contributed by atoms with Crippen molar-refractivity contribution in [1.29, 1.82) is 0 Å². The lowest BCUT2D eigenvalue weighted by Gasteiger charge is -2.17. The molecule has 0 saturated carbocycles. The van der Waals surface area contributed by atoms with Crippen molar-refractivity contribution in [3.05, 3.63) is 94.2 Å². The Hall–Kier alpha value is -3.10. The van der Waals surface area contributed by atoms with Crippen molar-refractivity contribution in [1.82, 2.24) is 14.8 Å². The van der Waals surface area contributed by atoms with Gasteiger partial charge in [-0.25, -0.2) is 0 Å². The fourth-order valence-corrected chi connectivity index (χ4v) is 4.96. The van der Waals surface area contributed by atoms with Crippen LogP contribution in [-0.2, 0) is 4.79 Å². The van der Waals surface area contributed by atoms with Gasteiger partial charge in [-0.15, -0.1) is 10.2 Å². The Bertz CT molecular complexity index is 1320. The van der Waals surface area contributed by atoms with Crippen molar-refractivity contribution in [3.63, 3.8) is 0 Å². The van der Waals surface area contributed by atoms with Gasteiger partial charge in [0.15, 0.2) is 17.1 Å². The van der Waals surface area contributed by atoms with E-state index in [0.717, 1.165) is 27.2 Å². The highest BCUT2D eigenvalue weighted by Gasteiger charge is 2.22. The summed E-state index contributed by atoms with van der Waals surface area (Å²) >= 11 is 4.79. The van der Waals surface area contributed by atoms with E-state index in [1.54, 1.807) is 0 Å². The number of anilines is 1. The van der Waals surface area contributed by atoms with Crippen LogP contribution in [-0.4, -0.2) is 26.4 Å². The summed E-state index contributed by atoms with van der Waals surface area (Å²) in [5.74, 6) is 1.99. The summed E-state index contributed by atoms with van der Waals surface area (Å²) < 4.78 is 9.15. The molecule has 1 unspecified atom stereocenters. The SMILES string of the molecule is Cc1cc(Br)ccc1NC(=O)CSc1nnc(C(C)Oc2ccc(C(C)C)cc2)n1-c1ccccc1. The van der Waals surface area contributed by atoms with Crippen LogP contribution >= 0.6 is 27.7 Å². The van der Waals surface area contributed by atoms with E-state index in [4.69, 9.17) is 4.74 Å². The summed E-state index contributed by atoms with van der Waals surface area (Å²) in [4.78, 5) is 12.7. The summed E-state index contributed by atoms with van der Waals surface area (Å²) in [7, 11) is 0. The number of amides is 1. The molecule has 0 radical (unpaired) electrons. The van der Waals surface area contributed by atoms with Gasteiger partial charge >= 0.3 is 0 Å². The highest BCUT2D eigenvalue weighted by molar-refractivity contribution is 9.10. The topological polar surface area (TPSA) is 69.0 Å². The zero-order chi connectivity index (χ0) is 25.7. The van der Waals surface area contributed by atoms with Crippen LogP contribution in [0.5, 0.6) is 5.75 Å². The predicted octanol–water partition coefficient (Wildman–Crippen LogP) is 7.33. The number of carbonyl (C=O) groups excluding carboxylic acids is 1. The molecule has 1 amide bonds. The number of halogens is 1. The maximum Gasteiger partial charge on any atom is 0.234 e. The first-order chi connectivity index (χ1) is 17.3. The molecule has 4 aromatic rings. The molecule has 1 N–H and O–H groups in total. The maximum absolute atomic E-state index is 12.7. The Morgan fingerprint density at radius 3 is 2.42 bits per heavy atom. The predicted molar refractivity (Wildman–Crippen MR) is 149 cm³/mol. The van der Waals surface area contributed by atoms with Gasteiger partial charge in [0.25, 0.3) is 0 Å². The minimum absolute atomic E-state index is 0.107. The number of hydrogen-bond donors (Lipinski definition) is 1. The molecular weight excluding hydrogens is 536 g/mol. The van der Waals surface area contributed by atoms with Gasteiger partial charge in [0.2, 0.25) is 5.91 Å². The number of aryl methyl sites for hydroxylation is 1. The molecule has 0 spiro atoms. The fourth-order valence-electron chi connectivity index (χ4n) is 3.73. The van der Waals surface area contributed by atoms with Gasteiger partial charge in [-0.05, 0) is 73.4 Å². The summed E-state index contributed by atoms with van der Waals surface area (Å²) in [5, 5.41) is 12.5. The molecule has 0 aliphatic rings. The Labute approximate surface area is 224 Å². The molecule has 1 heterocycles. The Morgan fingerprint density at radius 2 is 1.75 bits per heavy atom. The normalized spacial score (nSPS) is 11.9. The molecule has 8 heteroatoms. The van der Waals surface area contributed by atoms with Crippen LogP contribution in [0.25, 0.3) is 5.69 Å². The second-order valence-corrected chi connectivity index (χ2v) is 10.6. The highest BCUT2D eigenvalue weighted by Crippen LogP contribution is 2.29. The summed E-state index contributed by atoms with van der Waals surface area (Å²) in [5.41, 5.74) is 3.96. The minimum atomic E-state index is -0.351. The van der Waals surface area contributed by atoms with Crippen LogP contribution in [0.2, 0.25) is 0 Å². The Balaban J connectivity index is 1.52. The first-order valence-corrected chi connectivity index (χ1v) is 13.6. The summed E-state index contributed by atoms with van der Waals surface area (Å²) in [6.45, 7) is 8.25. The van der Waals surface area contributed by atoms with Gasteiger partial charge in [-0.1, -0.05) is 71.9 Å². The number of nitrogens with one attached hydrogen (secondary N) is 1. The molecule has 1 aromatic heterocycles. The number of nitrogens with zero attached hydrogens (tertiary/aromatic N) is 3. The maximum atomic E-state index is 12.7. The van der Waals surface area contributed by atoms with Gasteiger partial charge in [-0.3, -0.25) is 9.36 Å². The molecule has 6 nitrogen and oxygen atoms in total. The number of rotatable bonds is 9. The van der Waals surface area contributed by atoms with Crippen molar-refractivity contribution in [2.24, 2.45) is 0 Å². The number of hydrogen-bond acceptors (Lipinski definition) is 5. The second kappa shape index (κ2) is 11.8. The smallest absolute Gasteiger partial charge is 0.234 e. The molecule has 0 bridgehead atoms. The molecule has 0 aliphatic heterocycles. The molecule has 186 valence electrons. The third-order valence-corrected chi connectivity index (χ3v) is 7.11. The fraction of sp³-hybridized carbons (Fsp3) is 0.250. The van der Waals surface area contributed by atoms with E-state index < -0.39 is 0 Å². The number of ether oxygens (including phenoxy) is 1. The molecule has 0 fully saturated rings. The van der Waals surface area contributed by atoms with E-state index in [1.165, 1.54) is 17.3 Å². The number of para-hydroxylation sites is 1. The van der Waals surface area contributed by atoms with E-state index in [9.17, 15) is 4.79 Å². The number of thioether (sulfide) groups is 1. The van der Waals surface area contributed by atoms with Crippen LogP contribution in [0.1, 0.15) is 49.7 Å². The molecule has 0 saturated heterocycles. The van der Waals surface area contributed by atoms with Crippen LogP contribution in [0.15, 0.2) is 82.4 Å². The first-order valence-electron chi connectivity index (χ1n) is 11.8. The van der Waals surface area contributed by atoms with Crippen molar-refractivity contribution < 1.29 is 9.53 Å². The number of aromatic nitrogens is 3. The number of benzene rings is 3. The minimum Gasteiger partial charge on any atom is -0.483 e. The molecule has 0 aliphatic carbocycles. The Morgan fingerprint density at radius 1 is 1.03 bits per heavy atom. The van der Waals surface area contributed by atoms with Crippen molar-refractivity contribution >= 4 is 39.3 Å². The molecule has 1 atom stereocenters. The van der Waals surface area contributed by atoms with Crippen molar-refractivity contribution in [2.75, 3.05) is 11.1 Å². The Kier molecular flexibility index (Phi) is 8.48. The largest absolute Gasteiger partial charge is 0.483 e. The standard InChI is InChI=1S/C28H29BrN4O2S/c1-18(2)21-10-13-24(14-11-21)35-20(4)27-31-32-28(33(27)23-8-6-5-7-9-23)36-17-26(34)30-25-15-12-22(29)16-19(25)3/h5-16,18,20H,17H2,1-4H3,(H,30,34). The van der Waals surface area contributed by atoms with Crippen LogP contribution in [0, 0.1) is 6.92 Å². The van der Waals surface area contributed by atoms with E-state index in [-0.39, 0.29) is 17.8 Å². The van der Waals surface area contributed by atoms with Crippen molar-refractivity contribution in [2.45, 2.75) is 44.9 Å². The van der Waals surface area contributed by atoms with Gasteiger partial charge in [0, 0.05) is 15.8 Å². The third kappa shape index (κ3) is 6.36. The molecule has 3 aromatic carbocycles. The quantitative estimate of drug-likeness (QED) is 0.215. The average molecular weight is 566 g/mol. The number of carbonyl (C=O) groups is 1. The second-order valence-electron chi connectivity index (χ2n) is 8.79. The van der Waals surface area contributed by atoms with E-state index in [2.05, 4.69) is 57.4 Å². The van der Waals surface area contributed by atoms with E-state index in [1.807, 2.05) is 79.1 Å². The van der Waals surface area contributed by atoms with Crippen molar-refractivity contribution in [3.8, 4) is 11.4 Å². The third-order valence-electron chi connectivity index (χ3n) is 5.69. The van der Waals surface area contributed by atoms with E-state index >= 15 is 0 Å². The van der Waals surface area contributed by atoms with Crippen LogP contribution < -0.4 is 10.1 Å². The van der Waals surface area contributed by atoms with Gasteiger partial charge < -0.3 is 10.1 Å². The van der Waals surface area contributed by atoms with Gasteiger partial charge in [-0.2, -0.15) is 0 Å². The first kappa shape index (κ1) is 26.0. The average Bonchev–Trinajstić information content (AvgIpc) is 3.29. The lowest BCUT2D eigenvalue weighted by molar-refractivity contribution is -0.113. The summed E-state index contributed by atoms with van der Waals surface area (Å²) in [6, 6.07) is 23.8. The monoisotopic (exact) mass is 564 g/mol. The molecule has 36 heavy (non-hydrogen) atoms. The highest BCUT2D eigenvalue weighted by atomic mass is 79.9. The summed E-state index contributed by atoms with van der Waals surface area (Å²) in [6.07, 6.45) is -0.351. The lowest BCUT2D eigenvalue weighted by Crippen LogP contribution is -2.16. The van der Waals surface area contributed by atoms with Gasteiger partial charge in [0.1, 0.15) is 5.75 Å². The van der Waals surface area contributed by atoms with E-state index in [0.29, 0.717) is 16.9 Å². The van der Waals surface area contributed by atoms with Crippen LogP contribution in [0.3, 0.4) is 0 Å². The van der Waals surface area contributed by atoms with Crippen LogP contribution in [0.4, 0.5) is 5.69 Å². The lowest BCUT2D eigenvalue weighted by atomic mass is 10.0.